The monoisotopic (exact) mass is 315 g/mol. The first-order chi connectivity index (χ1) is 11.7. The highest BCUT2D eigenvalue weighted by Gasteiger charge is 2.24. The van der Waals surface area contributed by atoms with Crippen molar-refractivity contribution in [1.82, 2.24) is 0 Å². The second kappa shape index (κ2) is 8.31. The lowest BCUT2D eigenvalue weighted by molar-refractivity contribution is -0.117. The van der Waals surface area contributed by atoms with Crippen molar-refractivity contribution in [2.24, 2.45) is 5.92 Å². The van der Waals surface area contributed by atoms with Crippen LogP contribution in [-0.2, 0) is 11.2 Å². The van der Waals surface area contributed by atoms with Crippen molar-refractivity contribution in [2.75, 3.05) is 5.32 Å². The summed E-state index contributed by atoms with van der Waals surface area (Å²) in [5, 5.41) is 21.8. The van der Waals surface area contributed by atoms with Gasteiger partial charge in [-0.3, -0.25) is 4.79 Å². The van der Waals surface area contributed by atoms with Gasteiger partial charge >= 0.3 is 0 Å². The predicted molar refractivity (Wildman–Crippen MR) is 92.6 cm³/mol. The molecule has 0 aromatic heterocycles. The number of Topliss-reactive ketones (excluding diaryl/α,β-unsaturated/α-hetero) is 1. The van der Waals surface area contributed by atoms with Crippen LogP contribution >= 0.6 is 0 Å². The Morgan fingerprint density at radius 3 is 2.17 bits per heavy atom. The number of rotatable bonds is 6. The van der Waals surface area contributed by atoms with Gasteiger partial charge in [0.15, 0.2) is 5.78 Å². The Morgan fingerprint density at radius 2 is 1.62 bits per heavy atom. The van der Waals surface area contributed by atoms with Crippen molar-refractivity contribution >= 4 is 11.5 Å². The highest BCUT2D eigenvalue weighted by atomic mass is 16.1. The number of para-hydroxylation sites is 1. The van der Waals surface area contributed by atoms with Crippen molar-refractivity contribution in [3.8, 4) is 12.1 Å². The molecule has 1 N–H and O–H groups in total. The summed E-state index contributed by atoms with van der Waals surface area (Å²) in [5.41, 5.74) is 2.11. The van der Waals surface area contributed by atoms with Gasteiger partial charge in [0.2, 0.25) is 0 Å². The van der Waals surface area contributed by atoms with Crippen LogP contribution in [0.25, 0.3) is 0 Å². The number of carbonyl (C=O) groups excluding carboxylic acids is 1. The quantitative estimate of drug-likeness (QED) is 0.649. The average Bonchev–Trinajstić information content (AvgIpc) is 2.62. The number of allylic oxidation sites excluding steroid dienone is 2. The molecule has 4 heteroatoms. The van der Waals surface area contributed by atoms with E-state index in [0.29, 0.717) is 12.1 Å². The standard InChI is InChI=1S/C20H17N3O/c1-15(23-18-10-6-3-7-11-18)19(14-22)20(24)17(13-21)12-16-8-4-2-5-9-16/h2-11,17,23H,12H2,1H3. The number of nitrogens with zero attached hydrogens (tertiary/aromatic N) is 2. The molecule has 1 unspecified atom stereocenters. The fourth-order valence-electron chi connectivity index (χ4n) is 2.35. The molecule has 2 aromatic carbocycles. The second-order valence-corrected chi connectivity index (χ2v) is 5.34. The van der Waals surface area contributed by atoms with Crippen LogP contribution in [0.5, 0.6) is 0 Å². The second-order valence-electron chi connectivity index (χ2n) is 5.34. The van der Waals surface area contributed by atoms with Crippen molar-refractivity contribution in [1.29, 1.82) is 10.5 Å². The Bertz CT molecular complexity index is 811. The lowest BCUT2D eigenvalue weighted by Crippen LogP contribution is -2.19. The van der Waals surface area contributed by atoms with Crippen LogP contribution in [-0.4, -0.2) is 5.78 Å². The summed E-state index contributed by atoms with van der Waals surface area (Å²) in [6, 6.07) is 22.6. The molecule has 2 rings (SSSR count). The van der Waals surface area contributed by atoms with E-state index in [-0.39, 0.29) is 5.57 Å². The topological polar surface area (TPSA) is 76.7 Å². The Labute approximate surface area is 141 Å². The van der Waals surface area contributed by atoms with Crippen molar-refractivity contribution in [2.45, 2.75) is 13.3 Å². The van der Waals surface area contributed by atoms with Crippen LogP contribution in [0.2, 0.25) is 0 Å². The molecule has 0 fully saturated rings. The zero-order valence-electron chi connectivity index (χ0n) is 13.4. The fraction of sp³-hybridized carbons (Fsp3) is 0.150. The van der Waals surface area contributed by atoms with Gasteiger partial charge in [-0.1, -0.05) is 48.5 Å². The Kier molecular flexibility index (Phi) is 5.88. The Hall–Kier alpha value is -3.37. The van der Waals surface area contributed by atoms with Gasteiger partial charge in [0, 0.05) is 11.4 Å². The minimum atomic E-state index is -0.880. The van der Waals surface area contributed by atoms with E-state index >= 15 is 0 Å². The van der Waals surface area contributed by atoms with Gasteiger partial charge in [-0.05, 0) is 31.0 Å². The highest BCUT2D eigenvalue weighted by Crippen LogP contribution is 2.17. The summed E-state index contributed by atoms with van der Waals surface area (Å²) in [6.45, 7) is 1.67. The maximum absolute atomic E-state index is 12.6. The summed E-state index contributed by atoms with van der Waals surface area (Å²) >= 11 is 0. The number of ketones is 1. The molecule has 2 aromatic rings. The fourth-order valence-corrected chi connectivity index (χ4v) is 2.35. The number of anilines is 1. The number of carbonyl (C=O) groups is 1. The molecular weight excluding hydrogens is 298 g/mol. The number of hydrogen-bond donors (Lipinski definition) is 1. The molecule has 0 bridgehead atoms. The van der Waals surface area contributed by atoms with Gasteiger partial charge in [0.05, 0.1) is 6.07 Å². The summed E-state index contributed by atoms with van der Waals surface area (Å²) in [5.74, 6) is -1.33. The zero-order chi connectivity index (χ0) is 17.4. The first kappa shape index (κ1) is 17.0. The van der Waals surface area contributed by atoms with E-state index in [1.165, 1.54) is 0 Å². The molecule has 0 aliphatic rings. The molecule has 0 aliphatic carbocycles. The van der Waals surface area contributed by atoms with Crippen LogP contribution in [0.1, 0.15) is 12.5 Å². The minimum absolute atomic E-state index is 0.0127. The zero-order valence-corrected chi connectivity index (χ0v) is 13.4. The largest absolute Gasteiger partial charge is 0.358 e. The Balaban J connectivity index is 2.21. The van der Waals surface area contributed by atoms with Gasteiger partial charge in [-0.25, -0.2) is 0 Å². The van der Waals surface area contributed by atoms with Crippen molar-refractivity contribution < 1.29 is 4.79 Å². The van der Waals surface area contributed by atoms with Gasteiger partial charge in [-0.15, -0.1) is 0 Å². The third-order valence-electron chi connectivity index (χ3n) is 3.59. The van der Waals surface area contributed by atoms with E-state index in [0.717, 1.165) is 11.3 Å². The van der Waals surface area contributed by atoms with Gasteiger partial charge in [0.1, 0.15) is 17.6 Å². The number of nitrogens with one attached hydrogen (secondary N) is 1. The number of benzene rings is 2. The summed E-state index contributed by atoms with van der Waals surface area (Å²) < 4.78 is 0. The van der Waals surface area contributed by atoms with E-state index in [1.54, 1.807) is 6.92 Å². The first-order valence-electron chi connectivity index (χ1n) is 7.56. The molecule has 4 nitrogen and oxygen atoms in total. The summed E-state index contributed by atoms with van der Waals surface area (Å²) in [4.78, 5) is 12.6. The molecule has 0 radical (unpaired) electrons. The molecule has 0 saturated heterocycles. The smallest absolute Gasteiger partial charge is 0.192 e. The Morgan fingerprint density at radius 1 is 1.04 bits per heavy atom. The normalized spacial score (nSPS) is 12.3. The van der Waals surface area contributed by atoms with Crippen LogP contribution in [0.4, 0.5) is 5.69 Å². The van der Waals surface area contributed by atoms with Gasteiger partial charge < -0.3 is 5.32 Å². The molecule has 1 atom stereocenters. The number of nitriles is 2. The average molecular weight is 315 g/mol. The van der Waals surface area contributed by atoms with E-state index in [2.05, 4.69) is 5.32 Å². The summed E-state index contributed by atoms with van der Waals surface area (Å²) in [6.07, 6.45) is 0.292. The molecule has 24 heavy (non-hydrogen) atoms. The molecular formula is C20H17N3O. The third-order valence-corrected chi connectivity index (χ3v) is 3.59. The van der Waals surface area contributed by atoms with E-state index in [9.17, 15) is 15.3 Å². The van der Waals surface area contributed by atoms with E-state index < -0.39 is 11.7 Å². The molecule has 0 spiro atoms. The molecule has 0 saturated carbocycles. The molecule has 0 amide bonds. The molecule has 118 valence electrons. The maximum Gasteiger partial charge on any atom is 0.192 e. The van der Waals surface area contributed by atoms with E-state index in [4.69, 9.17) is 0 Å². The maximum atomic E-state index is 12.6. The lowest BCUT2D eigenvalue weighted by atomic mass is 9.92. The van der Waals surface area contributed by atoms with Gasteiger partial charge in [0.25, 0.3) is 0 Å². The van der Waals surface area contributed by atoms with Crippen molar-refractivity contribution in [3.63, 3.8) is 0 Å². The molecule has 0 heterocycles. The summed E-state index contributed by atoms with van der Waals surface area (Å²) in [7, 11) is 0. The highest BCUT2D eigenvalue weighted by molar-refractivity contribution is 6.03. The SMILES string of the molecule is CC(Nc1ccccc1)=C(C#N)C(=O)C(C#N)Cc1ccccc1. The lowest BCUT2D eigenvalue weighted by Gasteiger charge is -2.12. The van der Waals surface area contributed by atoms with Crippen molar-refractivity contribution in [3.05, 3.63) is 77.5 Å². The van der Waals surface area contributed by atoms with E-state index in [1.807, 2.05) is 72.8 Å². The number of hydrogen-bond acceptors (Lipinski definition) is 4. The van der Waals surface area contributed by atoms with Crippen LogP contribution in [0.3, 0.4) is 0 Å². The van der Waals surface area contributed by atoms with Crippen LogP contribution in [0, 0.1) is 28.6 Å². The van der Waals surface area contributed by atoms with Crippen LogP contribution < -0.4 is 5.32 Å². The van der Waals surface area contributed by atoms with Gasteiger partial charge in [-0.2, -0.15) is 10.5 Å². The first-order valence-corrected chi connectivity index (χ1v) is 7.56. The predicted octanol–water partition coefficient (Wildman–Crippen LogP) is 3.85. The van der Waals surface area contributed by atoms with Crippen LogP contribution in [0.15, 0.2) is 71.9 Å². The molecule has 0 aliphatic heterocycles. The minimum Gasteiger partial charge on any atom is -0.358 e. The third kappa shape index (κ3) is 4.32.